The Hall–Kier alpha value is -5.98. The van der Waals surface area contributed by atoms with Crippen LogP contribution in [0.25, 0.3) is 22.3 Å². The van der Waals surface area contributed by atoms with Crippen molar-refractivity contribution in [2.75, 3.05) is 13.6 Å². The van der Waals surface area contributed by atoms with Gasteiger partial charge in [-0.05, 0) is 91.4 Å². The number of halogens is 1. The molecule has 1 aliphatic rings. The van der Waals surface area contributed by atoms with E-state index in [1.54, 1.807) is 50.2 Å². The van der Waals surface area contributed by atoms with Crippen molar-refractivity contribution in [1.82, 2.24) is 10.2 Å². The Bertz CT molecular complexity index is 2340. The highest BCUT2D eigenvalue weighted by molar-refractivity contribution is 6.30. The van der Waals surface area contributed by atoms with E-state index in [1.807, 2.05) is 24.3 Å². The lowest BCUT2D eigenvalue weighted by molar-refractivity contribution is -0.142. The number of hydrogen-bond acceptors (Lipinski definition) is 10. The van der Waals surface area contributed by atoms with Crippen LogP contribution in [0, 0.1) is 17.8 Å². The van der Waals surface area contributed by atoms with Gasteiger partial charge < -0.3 is 31.0 Å². The third-order valence-corrected chi connectivity index (χ3v) is 12.0. The number of carbonyl (C=O) groups is 7. The summed E-state index contributed by atoms with van der Waals surface area (Å²) in [5, 5.41) is 25.7. The molecule has 4 aromatic rings. The maximum atomic E-state index is 14.7. The number of ketones is 5. The summed E-state index contributed by atoms with van der Waals surface area (Å²) in [6, 6.07) is 20.9. The second-order valence-corrected chi connectivity index (χ2v) is 17.2. The van der Waals surface area contributed by atoms with Crippen LogP contribution in [0.1, 0.15) is 99.7 Å². The summed E-state index contributed by atoms with van der Waals surface area (Å²) >= 11 is 6.06. The second kappa shape index (κ2) is 21.9. The Balaban J connectivity index is 1.47. The molecule has 0 saturated heterocycles. The largest absolute Gasteiger partial charge is 0.507 e. The fourth-order valence-electron chi connectivity index (χ4n) is 7.99. The number of benzene rings is 4. The van der Waals surface area contributed by atoms with Gasteiger partial charge in [-0.2, -0.15) is 0 Å². The van der Waals surface area contributed by atoms with E-state index in [0.717, 1.165) is 11.1 Å². The van der Waals surface area contributed by atoms with Gasteiger partial charge in [0.15, 0.2) is 17.3 Å². The highest BCUT2D eigenvalue weighted by Crippen LogP contribution is 2.40. The zero-order chi connectivity index (χ0) is 46.0. The van der Waals surface area contributed by atoms with Crippen LogP contribution >= 0.6 is 11.6 Å². The van der Waals surface area contributed by atoms with Gasteiger partial charge in [-0.25, -0.2) is 0 Å². The lowest BCUT2D eigenvalue weighted by atomic mass is 9.87. The number of nitrogens with zero attached hydrogens (tertiary/aromatic N) is 1. The van der Waals surface area contributed by atoms with Crippen LogP contribution < -0.4 is 11.1 Å². The number of nitrogens with one attached hydrogen (secondary N) is 1. The SMILES string of the molecule is CC(=O)CCC(=O)[C@H](C)CC(=O)[C@@H]1Cc2ccc(O)c(c2)-c2cc(ccc2O)[C@H](N(C)C(=O)[C@H](CCCCN)CC(=O)c2ccc(-c3ccc(Cl)cc3)cc2)C(=O)C[C@@H](C)C(=O)N1. The van der Waals surface area contributed by atoms with Crippen molar-refractivity contribution in [2.24, 2.45) is 23.5 Å². The molecule has 5 N–H and O–H groups in total. The zero-order valence-electron chi connectivity index (χ0n) is 36.2. The van der Waals surface area contributed by atoms with E-state index in [1.165, 1.54) is 43.1 Å². The Labute approximate surface area is 373 Å². The van der Waals surface area contributed by atoms with E-state index in [9.17, 15) is 43.8 Å². The number of aromatic hydroxyl groups is 2. The van der Waals surface area contributed by atoms with Crippen LogP contribution in [0.4, 0.5) is 0 Å². The molecule has 0 radical (unpaired) electrons. The lowest BCUT2D eigenvalue weighted by Gasteiger charge is -2.32. The predicted octanol–water partition coefficient (Wildman–Crippen LogP) is 7.77. The van der Waals surface area contributed by atoms with Crippen LogP contribution in [-0.2, 0) is 35.2 Å². The molecule has 5 rings (SSSR count). The van der Waals surface area contributed by atoms with Crippen LogP contribution in [0.5, 0.6) is 11.5 Å². The first-order valence-electron chi connectivity index (χ1n) is 21.4. The molecule has 5 atom stereocenters. The third-order valence-electron chi connectivity index (χ3n) is 11.8. The van der Waals surface area contributed by atoms with E-state index in [-0.39, 0.29) is 78.5 Å². The first kappa shape index (κ1) is 48.1. The molecule has 4 bridgehead atoms. The monoisotopic (exact) mass is 877 g/mol. The van der Waals surface area contributed by atoms with E-state index in [4.69, 9.17) is 17.3 Å². The molecule has 0 aliphatic carbocycles. The van der Waals surface area contributed by atoms with Gasteiger partial charge in [-0.15, -0.1) is 0 Å². The van der Waals surface area contributed by atoms with Crippen LogP contribution in [0.2, 0.25) is 5.02 Å². The summed E-state index contributed by atoms with van der Waals surface area (Å²) in [5.41, 5.74) is 9.19. The average Bonchev–Trinajstić information content (AvgIpc) is 3.25. The molecule has 2 amide bonds. The molecule has 1 heterocycles. The van der Waals surface area contributed by atoms with Crippen LogP contribution in [-0.4, -0.2) is 75.5 Å². The van der Waals surface area contributed by atoms with Crippen molar-refractivity contribution in [2.45, 2.75) is 90.6 Å². The Morgan fingerprint density at radius 2 is 1.44 bits per heavy atom. The van der Waals surface area contributed by atoms with E-state index >= 15 is 0 Å². The first-order chi connectivity index (χ1) is 30.0. The molecule has 0 fully saturated rings. The molecule has 0 saturated carbocycles. The van der Waals surface area contributed by atoms with Crippen LogP contribution in [0.3, 0.4) is 0 Å². The molecular formula is C50H56ClN3O9. The van der Waals surface area contributed by atoms with Gasteiger partial charge in [0, 0.05) is 78.6 Å². The predicted molar refractivity (Wildman–Crippen MR) is 241 cm³/mol. The van der Waals surface area contributed by atoms with E-state index in [0.29, 0.717) is 47.5 Å². The van der Waals surface area contributed by atoms with E-state index < -0.39 is 53.2 Å². The van der Waals surface area contributed by atoms with Crippen molar-refractivity contribution < 1.29 is 43.8 Å². The molecule has 0 unspecified atom stereocenters. The number of likely N-dealkylation sites (N-methyl/N-ethyl adjacent to an activating group) is 1. The number of rotatable bonds is 17. The fraction of sp³-hybridized carbons (Fsp3) is 0.380. The number of hydrogen-bond donors (Lipinski definition) is 4. The maximum absolute atomic E-state index is 14.7. The summed E-state index contributed by atoms with van der Waals surface area (Å²) < 4.78 is 0. The first-order valence-corrected chi connectivity index (χ1v) is 21.7. The summed E-state index contributed by atoms with van der Waals surface area (Å²) in [6.07, 6.45) is 0.788. The highest BCUT2D eigenvalue weighted by atomic mass is 35.5. The van der Waals surface area contributed by atoms with Crippen LogP contribution in [0.15, 0.2) is 84.9 Å². The normalized spacial score (nSPS) is 17.5. The van der Waals surface area contributed by atoms with Gasteiger partial charge >= 0.3 is 0 Å². The molecule has 0 aromatic heterocycles. The molecule has 0 spiro atoms. The molecular weight excluding hydrogens is 822 g/mol. The summed E-state index contributed by atoms with van der Waals surface area (Å²) in [5.74, 6) is -5.67. The summed E-state index contributed by atoms with van der Waals surface area (Å²) in [4.78, 5) is 96.3. The molecule has 332 valence electrons. The number of unbranched alkanes of at least 4 members (excludes halogenated alkanes) is 1. The van der Waals surface area contributed by atoms with Crippen molar-refractivity contribution in [3.05, 3.63) is 107 Å². The topological polar surface area (TPSA) is 201 Å². The smallest absolute Gasteiger partial charge is 0.226 e. The fourth-order valence-corrected chi connectivity index (χ4v) is 8.12. The molecule has 1 aliphatic heterocycles. The van der Waals surface area contributed by atoms with Gasteiger partial charge in [-0.1, -0.05) is 80.4 Å². The number of Topliss-reactive ketones (excluding diaryl/α,β-unsaturated/α-hetero) is 5. The number of phenolic OH excluding ortho intramolecular Hbond substituents is 2. The number of fused-ring (bicyclic) bond motifs is 5. The van der Waals surface area contributed by atoms with Gasteiger partial charge in [0.2, 0.25) is 11.8 Å². The van der Waals surface area contributed by atoms with Crippen molar-refractivity contribution in [3.63, 3.8) is 0 Å². The summed E-state index contributed by atoms with van der Waals surface area (Å²) in [7, 11) is 1.47. The molecule has 63 heavy (non-hydrogen) atoms. The molecule has 13 heteroatoms. The Morgan fingerprint density at radius 1 is 0.825 bits per heavy atom. The maximum Gasteiger partial charge on any atom is 0.226 e. The van der Waals surface area contributed by atoms with Gasteiger partial charge in [0.1, 0.15) is 29.1 Å². The minimum absolute atomic E-state index is 0.00762. The number of amides is 2. The highest BCUT2D eigenvalue weighted by Gasteiger charge is 2.36. The second-order valence-electron chi connectivity index (χ2n) is 16.7. The van der Waals surface area contributed by atoms with Gasteiger partial charge in [0.25, 0.3) is 0 Å². The van der Waals surface area contributed by atoms with Gasteiger partial charge in [-0.3, -0.25) is 28.8 Å². The minimum atomic E-state index is -1.29. The minimum Gasteiger partial charge on any atom is -0.507 e. The number of carbonyl (C=O) groups excluding carboxylic acids is 7. The molecule has 4 aromatic carbocycles. The third kappa shape index (κ3) is 12.6. The van der Waals surface area contributed by atoms with E-state index in [2.05, 4.69) is 5.32 Å². The van der Waals surface area contributed by atoms with Crippen molar-refractivity contribution in [1.29, 1.82) is 0 Å². The average molecular weight is 878 g/mol. The van der Waals surface area contributed by atoms with Gasteiger partial charge in [0.05, 0.1) is 6.04 Å². The number of nitrogens with two attached hydrogens (primary N) is 1. The van der Waals surface area contributed by atoms with Crippen molar-refractivity contribution in [3.8, 4) is 33.8 Å². The summed E-state index contributed by atoms with van der Waals surface area (Å²) in [6.45, 7) is 4.90. The Morgan fingerprint density at radius 3 is 2.08 bits per heavy atom. The quantitative estimate of drug-likeness (QED) is 0.0600. The number of phenols is 2. The zero-order valence-corrected chi connectivity index (χ0v) is 37.0. The standard InChI is InChI=1S/C50H56ClN3O9/c1-29(42(56)19-8-31(3)55)23-46(60)41-26-32-9-20-43(57)39(25-32)40-27-36(16-21-44(40)58)48(47(61)24-30(2)49(62)53-41)54(4)50(63)37(7-5-6-22-52)28-45(59)35-12-10-33(11-13-35)34-14-17-38(51)18-15-34/h9-18,20-21,25,27,29-30,37,41,48,57-58H,5-8,19,22-24,26,28,52H2,1-4H3,(H,53,62)/t29-,30-,37-,41+,48+/m1/s1. The lowest BCUT2D eigenvalue weighted by Crippen LogP contribution is -2.46. The Kier molecular flexibility index (Phi) is 16.7. The molecule has 12 nitrogen and oxygen atoms in total. The van der Waals surface area contributed by atoms with Crippen molar-refractivity contribution >= 4 is 52.3 Å².